The Labute approximate surface area is 241 Å². The first-order chi connectivity index (χ1) is 19.7. The molecule has 0 aliphatic carbocycles. The van der Waals surface area contributed by atoms with Crippen LogP contribution in [-0.2, 0) is 38.9 Å². The fourth-order valence-electron chi connectivity index (χ4n) is 4.42. The Hall–Kier alpha value is -4.19. The summed E-state index contributed by atoms with van der Waals surface area (Å²) in [6.45, 7) is 3.09. The number of amides is 3. The van der Waals surface area contributed by atoms with Crippen molar-refractivity contribution >= 4 is 44.0 Å². The predicted octanol–water partition coefficient (Wildman–Crippen LogP) is 5.08. The number of carbonyl (C=O) groups is 3. The molecule has 41 heavy (non-hydrogen) atoms. The molecule has 1 N–H and O–H groups in total. The first-order valence-corrected chi connectivity index (χ1v) is 15.4. The summed E-state index contributed by atoms with van der Waals surface area (Å²) in [5, 5.41) is 4.03. The van der Waals surface area contributed by atoms with Gasteiger partial charge in [0.15, 0.2) is 15.0 Å². The first-order valence-electron chi connectivity index (χ1n) is 13.0. The second kappa shape index (κ2) is 11.7. The molecule has 4 aromatic rings. The highest BCUT2D eigenvalue weighted by atomic mass is 32.2. The van der Waals surface area contributed by atoms with E-state index in [-0.39, 0.29) is 23.2 Å². The number of imide groups is 1. The molecule has 1 aromatic heterocycles. The van der Waals surface area contributed by atoms with Crippen LogP contribution < -0.4 is 5.32 Å². The fourth-order valence-corrected chi connectivity index (χ4v) is 6.37. The minimum Gasteiger partial charge on any atom is -0.302 e. The van der Waals surface area contributed by atoms with E-state index in [4.69, 9.17) is 4.84 Å². The maximum Gasteiger partial charge on any atom is 0.285 e. The molecular formula is C30H27N3O6S2. The standard InChI is InChI=1S/C30H27N3O6S2/c1-3-41(37,38)23-15-13-22(14-16-23)27-26(32-30(40-27)31-19(2)34)17-12-20-8-10-21(11-9-20)18-39-33-28(35)24-6-4-5-7-25(24)29(33)36/h4-11,13-16H,3,12,17-18H2,1-2H3,(H,31,32,34). The van der Waals surface area contributed by atoms with Crippen molar-refractivity contribution in [2.45, 2.75) is 38.2 Å². The van der Waals surface area contributed by atoms with Crippen LogP contribution in [0.3, 0.4) is 0 Å². The van der Waals surface area contributed by atoms with Gasteiger partial charge in [0.25, 0.3) is 11.8 Å². The van der Waals surface area contributed by atoms with E-state index in [1.165, 1.54) is 18.3 Å². The third kappa shape index (κ3) is 6.12. The second-order valence-corrected chi connectivity index (χ2v) is 12.7. The number of nitrogens with one attached hydrogen (secondary N) is 1. The van der Waals surface area contributed by atoms with Gasteiger partial charge in [-0.2, -0.15) is 0 Å². The Balaban J connectivity index is 1.26. The van der Waals surface area contributed by atoms with Gasteiger partial charge in [-0.25, -0.2) is 13.4 Å². The molecular weight excluding hydrogens is 562 g/mol. The van der Waals surface area contributed by atoms with Gasteiger partial charge in [0, 0.05) is 6.92 Å². The number of nitrogens with zero attached hydrogens (tertiary/aromatic N) is 2. The molecule has 0 unspecified atom stereocenters. The third-order valence-electron chi connectivity index (χ3n) is 6.63. The number of hydroxylamine groups is 2. The lowest BCUT2D eigenvalue weighted by atomic mass is 10.0. The molecule has 11 heteroatoms. The van der Waals surface area contributed by atoms with Crippen LogP contribution in [0.4, 0.5) is 5.13 Å². The molecule has 0 atom stereocenters. The lowest BCUT2D eigenvalue weighted by Crippen LogP contribution is -2.29. The highest BCUT2D eigenvalue weighted by Gasteiger charge is 2.36. The molecule has 2 heterocycles. The van der Waals surface area contributed by atoms with Crippen molar-refractivity contribution in [2.75, 3.05) is 11.1 Å². The van der Waals surface area contributed by atoms with E-state index in [2.05, 4.69) is 10.3 Å². The maximum absolute atomic E-state index is 12.5. The minimum atomic E-state index is -3.31. The quantitative estimate of drug-likeness (QED) is 0.256. The van der Waals surface area contributed by atoms with Gasteiger partial charge >= 0.3 is 0 Å². The zero-order chi connectivity index (χ0) is 29.1. The van der Waals surface area contributed by atoms with E-state index in [1.54, 1.807) is 55.5 Å². The molecule has 3 aromatic carbocycles. The Morgan fingerprint density at radius 1 is 0.902 bits per heavy atom. The number of rotatable bonds is 10. The number of aromatic nitrogens is 1. The van der Waals surface area contributed by atoms with E-state index in [0.717, 1.165) is 32.3 Å². The molecule has 9 nitrogen and oxygen atoms in total. The van der Waals surface area contributed by atoms with Crippen LogP contribution in [0.15, 0.2) is 77.7 Å². The molecule has 0 bridgehead atoms. The molecule has 1 aliphatic rings. The van der Waals surface area contributed by atoms with Crippen LogP contribution in [0, 0.1) is 0 Å². The molecule has 0 saturated carbocycles. The van der Waals surface area contributed by atoms with Gasteiger partial charge in [-0.05, 0) is 53.8 Å². The van der Waals surface area contributed by atoms with E-state index >= 15 is 0 Å². The number of fused-ring (bicyclic) bond motifs is 1. The molecule has 0 fully saturated rings. The Kier molecular flexibility index (Phi) is 8.11. The first kappa shape index (κ1) is 28.3. The topological polar surface area (TPSA) is 123 Å². The predicted molar refractivity (Wildman–Crippen MR) is 155 cm³/mol. The lowest BCUT2D eigenvalue weighted by molar-refractivity contribution is -0.114. The van der Waals surface area contributed by atoms with Crippen molar-refractivity contribution in [1.82, 2.24) is 10.0 Å². The van der Waals surface area contributed by atoms with Crippen molar-refractivity contribution in [1.29, 1.82) is 0 Å². The zero-order valence-electron chi connectivity index (χ0n) is 22.4. The van der Waals surface area contributed by atoms with Gasteiger partial charge in [0.2, 0.25) is 5.91 Å². The van der Waals surface area contributed by atoms with E-state index in [1.807, 2.05) is 24.3 Å². The van der Waals surface area contributed by atoms with Crippen molar-refractivity contribution in [3.63, 3.8) is 0 Å². The zero-order valence-corrected chi connectivity index (χ0v) is 24.1. The second-order valence-electron chi connectivity index (χ2n) is 9.44. The van der Waals surface area contributed by atoms with Crippen molar-refractivity contribution in [3.8, 4) is 10.4 Å². The molecule has 3 amide bonds. The van der Waals surface area contributed by atoms with Crippen molar-refractivity contribution in [3.05, 3.63) is 101 Å². The summed E-state index contributed by atoms with van der Waals surface area (Å²) in [5.41, 5.74) is 4.12. The highest BCUT2D eigenvalue weighted by Crippen LogP contribution is 2.34. The van der Waals surface area contributed by atoms with Gasteiger partial charge in [-0.3, -0.25) is 19.2 Å². The maximum atomic E-state index is 12.5. The number of thiazole rings is 1. The number of benzene rings is 3. The lowest BCUT2D eigenvalue weighted by Gasteiger charge is -2.13. The third-order valence-corrected chi connectivity index (χ3v) is 9.44. The summed E-state index contributed by atoms with van der Waals surface area (Å²) >= 11 is 1.34. The largest absolute Gasteiger partial charge is 0.302 e. The molecule has 1 aliphatic heterocycles. The van der Waals surface area contributed by atoms with Crippen molar-refractivity contribution < 1.29 is 27.6 Å². The number of hydrogen-bond donors (Lipinski definition) is 1. The average Bonchev–Trinajstić information content (AvgIpc) is 3.48. The van der Waals surface area contributed by atoms with E-state index in [0.29, 0.717) is 29.1 Å². The van der Waals surface area contributed by atoms with E-state index < -0.39 is 21.7 Å². The molecule has 5 rings (SSSR count). The average molecular weight is 590 g/mol. The number of sulfone groups is 1. The van der Waals surface area contributed by atoms with Crippen LogP contribution in [0.25, 0.3) is 10.4 Å². The molecule has 210 valence electrons. The van der Waals surface area contributed by atoms with Crippen LogP contribution in [0.1, 0.15) is 51.4 Å². The van der Waals surface area contributed by atoms with Crippen LogP contribution in [0.2, 0.25) is 0 Å². The van der Waals surface area contributed by atoms with Crippen molar-refractivity contribution in [2.24, 2.45) is 0 Å². The Bertz CT molecular complexity index is 1690. The van der Waals surface area contributed by atoms with Gasteiger partial charge in [-0.15, -0.1) is 5.06 Å². The van der Waals surface area contributed by atoms with Crippen LogP contribution >= 0.6 is 11.3 Å². The number of anilines is 1. The summed E-state index contributed by atoms with van der Waals surface area (Å²) < 4.78 is 24.4. The minimum absolute atomic E-state index is 0.0263. The molecule has 0 saturated heterocycles. The summed E-state index contributed by atoms with van der Waals surface area (Å²) in [6, 6.07) is 21.0. The van der Waals surface area contributed by atoms with Gasteiger partial charge in [0.05, 0.1) is 32.3 Å². The van der Waals surface area contributed by atoms with Gasteiger partial charge in [0.1, 0.15) is 6.61 Å². The summed E-state index contributed by atoms with van der Waals surface area (Å²) in [6.07, 6.45) is 1.25. The molecule has 0 radical (unpaired) electrons. The normalized spacial score (nSPS) is 13.0. The summed E-state index contributed by atoms with van der Waals surface area (Å²) in [7, 11) is -3.31. The fraction of sp³-hybridized carbons (Fsp3) is 0.200. The number of carbonyl (C=O) groups excluding carboxylic acids is 3. The Morgan fingerprint density at radius 3 is 2.10 bits per heavy atom. The van der Waals surface area contributed by atoms with E-state index in [9.17, 15) is 22.8 Å². The van der Waals surface area contributed by atoms with Crippen LogP contribution in [-0.4, -0.2) is 41.9 Å². The molecule has 0 spiro atoms. The van der Waals surface area contributed by atoms with Gasteiger partial charge in [-0.1, -0.05) is 66.8 Å². The SMILES string of the molecule is CCS(=O)(=O)c1ccc(-c2sc(NC(C)=O)nc2CCc2ccc(CON3C(=O)c4ccccc4C3=O)cc2)cc1. The Morgan fingerprint density at radius 2 is 1.51 bits per heavy atom. The number of aryl methyl sites for hydroxylation is 2. The number of hydrogen-bond acceptors (Lipinski definition) is 8. The summed E-state index contributed by atoms with van der Waals surface area (Å²) in [5.74, 6) is -1.14. The van der Waals surface area contributed by atoms with Crippen LogP contribution in [0.5, 0.6) is 0 Å². The monoisotopic (exact) mass is 589 g/mol. The smallest absolute Gasteiger partial charge is 0.285 e. The summed E-state index contributed by atoms with van der Waals surface area (Å²) in [4.78, 5) is 47.9. The highest BCUT2D eigenvalue weighted by molar-refractivity contribution is 7.91. The van der Waals surface area contributed by atoms with Gasteiger partial charge < -0.3 is 5.32 Å².